The summed E-state index contributed by atoms with van der Waals surface area (Å²) >= 11 is 0. The first kappa shape index (κ1) is 12.6. The minimum atomic E-state index is -1.21. The molecule has 1 atom stereocenters. The number of aromatic nitrogens is 1. The Kier molecular flexibility index (Phi) is 3.39. The van der Waals surface area contributed by atoms with Gasteiger partial charge in [0.25, 0.3) is 0 Å². The lowest BCUT2D eigenvalue weighted by Gasteiger charge is -2.15. The SMILES string of the molecule is Cc1ccc(C(O)c2cccnc2C)c(F)c1F. The van der Waals surface area contributed by atoms with Crippen LogP contribution < -0.4 is 0 Å². The minimum absolute atomic E-state index is 0.0748. The van der Waals surface area contributed by atoms with E-state index in [0.29, 0.717) is 11.3 Å². The van der Waals surface area contributed by atoms with E-state index >= 15 is 0 Å². The van der Waals surface area contributed by atoms with E-state index in [2.05, 4.69) is 4.98 Å². The maximum Gasteiger partial charge on any atom is 0.165 e. The summed E-state index contributed by atoms with van der Waals surface area (Å²) in [5.41, 5.74) is 1.20. The molecule has 1 unspecified atom stereocenters. The molecule has 1 N–H and O–H groups in total. The van der Waals surface area contributed by atoms with Gasteiger partial charge in [-0.25, -0.2) is 8.78 Å². The molecule has 2 rings (SSSR count). The molecule has 0 fully saturated rings. The van der Waals surface area contributed by atoms with Crippen LogP contribution >= 0.6 is 0 Å². The quantitative estimate of drug-likeness (QED) is 0.887. The van der Waals surface area contributed by atoms with E-state index < -0.39 is 17.7 Å². The number of pyridine rings is 1. The normalized spacial score (nSPS) is 12.5. The van der Waals surface area contributed by atoms with Crippen LogP contribution in [0.2, 0.25) is 0 Å². The predicted molar refractivity (Wildman–Crippen MR) is 64.1 cm³/mol. The van der Waals surface area contributed by atoms with Gasteiger partial charge in [0.2, 0.25) is 0 Å². The fraction of sp³-hybridized carbons (Fsp3) is 0.214. The second kappa shape index (κ2) is 4.82. The fourth-order valence-electron chi connectivity index (χ4n) is 1.83. The van der Waals surface area contributed by atoms with Gasteiger partial charge in [0.05, 0.1) is 0 Å². The summed E-state index contributed by atoms with van der Waals surface area (Å²) in [6.07, 6.45) is 0.367. The van der Waals surface area contributed by atoms with Gasteiger partial charge in [0.1, 0.15) is 6.10 Å². The lowest BCUT2D eigenvalue weighted by Crippen LogP contribution is -2.07. The standard InChI is InChI=1S/C14H13F2NO/c1-8-5-6-11(13(16)12(8)15)14(18)10-4-3-7-17-9(10)2/h3-7,14,18H,1-2H3. The van der Waals surface area contributed by atoms with Gasteiger partial charge >= 0.3 is 0 Å². The van der Waals surface area contributed by atoms with Gasteiger partial charge in [0.15, 0.2) is 11.6 Å². The molecular formula is C14H13F2NO. The molecule has 0 aliphatic carbocycles. The smallest absolute Gasteiger partial charge is 0.165 e. The molecule has 18 heavy (non-hydrogen) atoms. The predicted octanol–water partition coefficient (Wildman–Crippen LogP) is 3.06. The van der Waals surface area contributed by atoms with Crippen molar-refractivity contribution in [3.8, 4) is 0 Å². The first-order chi connectivity index (χ1) is 8.52. The third-order valence-corrected chi connectivity index (χ3v) is 2.94. The van der Waals surface area contributed by atoms with Crippen LogP contribution in [0, 0.1) is 25.5 Å². The van der Waals surface area contributed by atoms with Crippen molar-refractivity contribution in [3.05, 3.63) is 64.5 Å². The summed E-state index contributed by atoms with van der Waals surface area (Å²) in [5.74, 6) is -1.93. The van der Waals surface area contributed by atoms with E-state index in [9.17, 15) is 13.9 Å². The summed E-state index contributed by atoms with van der Waals surface area (Å²) in [6, 6.07) is 6.13. The maximum atomic E-state index is 13.8. The Balaban J connectivity index is 2.50. The van der Waals surface area contributed by atoms with Gasteiger partial charge in [0, 0.05) is 23.0 Å². The van der Waals surface area contributed by atoms with Crippen LogP contribution in [0.25, 0.3) is 0 Å². The number of aryl methyl sites for hydroxylation is 2. The zero-order valence-corrected chi connectivity index (χ0v) is 10.1. The summed E-state index contributed by atoms with van der Waals surface area (Å²) in [6.45, 7) is 3.19. The fourth-order valence-corrected chi connectivity index (χ4v) is 1.83. The van der Waals surface area contributed by atoms with Crippen molar-refractivity contribution in [1.82, 2.24) is 4.98 Å². The monoisotopic (exact) mass is 249 g/mol. The summed E-state index contributed by atoms with van der Waals surface area (Å²) < 4.78 is 27.2. The molecule has 0 bridgehead atoms. The van der Waals surface area contributed by atoms with Gasteiger partial charge in [-0.2, -0.15) is 0 Å². The molecule has 0 radical (unpaired) electrons. The Hall–Kier alpha value is -1.81. The number of hydrogen-bond acceptors (Lipinski definition) is 2. The Morgan fingerprint density at radius 3 is 2.44 bits per heavy atom. The van der Waals surface area contributed by atoms with Crippen molar-refractivity contribution in [2.45, 2.75) is 20.0 Å². The molecule has 4 heteroatoms. The molecule has 0 saturated carbocycles. The zero-order valence-electron chi connectivity index (χ0n) is 10.1. The summed E-state index contributed by atoms with van der Waals surface area (Å²) in [5, 5.41) is 10.1. The van der Waals surface area contributed by atoms with E-state index in [1.54, 1.807) is 25.3 Å². The summed E-state index contributed by atoms with van der Waals surface area (Å²) in [4.78, 5) is 4.02. The molecule has 2 nitrogen and oxygen atoms in total. The van der Waals surface area contributed by atoms with Gasteiger partial charge in [-0.1, -0.05) is 18.2 Å². The molecule has 1 aromatic carbocycles. The van der Waals surface area contributed by atoms with Crippen LogP contribution in [-0.4, -0.2) is 10.1 Å². The van der Waals surface area contributed by atoms with Gasteiger partial charge in [-0.3, -0.25) is 4.98 Å². The number of halogens is 2. The lowest BCUT2D eigenvalue weighted by molar-refractivity contribution is 0.212. The van der Waals surface area contributed by atoms with E-state index in [0.717, 1.165) is 0 Å². The molecule has 1 aromatic heterocycles. The third-order valence-electron chi connectivity index (χ3n) is 2.94. The molecule has 0 aliphatic heterocycles. The first-order valence-corrected chi connectivity index (χ1v) is 5.56. The van der Waals surface area contributed by atoms with Crippen molar-refractivity contribution in [3.63, 3.8) is 0 Å². The van der Waals surface area contributed by atoms with Crippen LogP contribution in [0.15, 0.2) is 30.5 Å². The third kappa shape index (κ3) is 2.11. The Bertz CT molecular complexity index is 584. The van der Waals surface area contributed by atoms with Crippen LogP contribution in [0.4, 0.5) is 8.78 Å². The highest BCUT2D eigenvalue weighted by atomic mass is 19.2. The Morgan fingerprint density at radius 1 is 1.06 bits per heavy atom. The Labute approximate surface area is 104 Å². The highest BCUT2D eigenvalue weighted by molar-refractivity contribution is 5.35. The van der Waals surface area contributed by atoms with E-state index in [1.807, 2.05) is 0 Å². The second-order valence-corrected chi connectivity index (χ2v) is 4.18. The van der Waals surface area contributed by atoms with Crippen LogP contribution in [-0.2, 0) is 0 Å². The van der Waals surface area contributed by atoms with Crippen LogP contribution in [0.3, 0.4) is 0 Å². The van der Waals surface area contributed by atoms with E-state index in [-0.39, 0.29) is 11.1 Å². The minimum Gasteiger partial charge on any atom is -0.383 e. The average Bonchev–Trinajstić information content (AvgIpc) is 2.36. The number of aliphatic hydroxyl groups is 1. The lowest BCUT2D eigenvalue weighted by atomic mass is 9.99. The molecule has 0 aliphatic rings. The van der Waals surface area contributed by atoms with Crippen LogP contribution in [0.5, 0.6) is 0 Å². The van der Waals surface area contributed by atoms with Gasteiger partial charge < -0.3 is 5.11 Å². The number of hydrogen-bond donors (Lipinski definition) is 1. The molecule has 94 valence electrons. The second-order valence-electron chi connectivity index (χ2n) is 4.18. The topological polar surface area (TPSA) is 33.1 Å². The molecular weight excluding hydrogens is 236 g/mol. The zero-order chi connectivity index (χ0) is 13.3. The van der Waals surface area contributed by atoms with Crippen LogP contribution in [0.1, 0.15) is 28.5 Å². The highest BCUT2D eigenvalue weighted by Crippen LogP contribution is 2.27. The van der Waals surface area contributed by atoms with Crippen molar-refractivity contribution in [2.24, 2.45) is 0 Å². The largest absolute Gasteiger partial charge is 0.383 e. The van der Waals surface area contributed by atoms with Crippen molar-refractivity contribution < 1.29 is 13.9 Å². The van der Waals surface area contributed by atoms with Crippen molar-refractivity contribution in [2.75, 3.05) is 0 Å². The van der Waals surface area contributed by atoms with Crippen molar-refractivity contribution >= 4 is 0 Å². The Morgan fingerprint density at radius 2 is 1.78 bits per heavy atom. The number of nitrogens with zero attached hydrogens (tertiary/aromatic N) is 1. The van der Waals surface area contributed by atoms with Gasteiger partial charge in [-0.05, 0) is 25.5 Å². The number of rotatable bonds is 2. The molecule has 1 heterocycles. The number of aliphatic hydroxyl groups excluding tert-OH is 1. The number of benzene rings is 1. The van der Waals surface area contributed by atoms with Crippen molar-refractivity contribution in [1.29, 1.82) is 0 Å². The van der Waals surface area contributed by atoms with E-state index in [4.69, 9.17) is 0 Å². The highest BCUT2D eigenvalue weighted by Gasteiger charge is 2.20. The maximum absolute atomic E-state index is 13.8. The molecule has 0 amide bonds. The summed E-state index contributed by atoms with van der Waals surface area (Å²) in [7, 11) is 0. The molecule has 0 spiro atoms. The molecule has 0 saturated heterocycles. The average molecular weight is 249 g/mol. The van der Waals surface area contributed by atoms with Gasteiger partial charge in [-0.15, -0.1) is 0 Å². The molecule has 2 aromatic rings. The van der Waals surface area contributed by atoms with E-state index in [1.165, 1.54) is 19.1 Å². The first-order valence-electron chi connectivity index (χ1n) is 5.56.